The maximum atomic E-state index is 11.8. The Morgan fingerprint density at radius 1 is 1.12 bits per heavy atom. The highest BCUT2D eigenvalue weighted by Gasteiger charge is 2.15. The van der Waals surface area contributed by atoms with Crippen LogP contribution in [-0.4, -0.2) is 54.4 Å². The molecule has 0 aliphatic rings. The lowest BCUT2D eigenvalue weighted by Gasteiger charge is -2.19. The molecule has 1 unspecified atom stereocenters. The Morgan fingerprint density at radius 3 is 2.38 bits per heavy atom. The average molecular weight is 364 g/mol. The Balaban J connectivity index is 4.11. The van der Waals surface area contributed by atoms with Crippen LogP contribution in [0.3, 0.4) is 0 Å². The monoisotopic (exact) mass is 363 g/mol. The van der Waals surface area contributed by atoms with Gasteiger partial charge in [-0.2, -0.15) is 4.31 Å². The van der Waals surface area contributed by atoms with Crippen molar-refractivity contribution in [1.82, 2.24) is 4.31 Å². The number of allylic oxidation sites excluding steroid dienone is 1. The molecule has 0 saturated carbocycles. The normalized spacial score (nSPS) is 13.7. The van der Waals surface area contributed by atoms with Crippen LogP contribution in [0.1, 0.15) is 64.7 Å². The van der Waals surface area contributed by atoms with Gasteiger partial charge in [0.15, 0.2) is 0 Å². The standard InChI is InChI=1S/C17H33NO5S/c1-3-4-7-11-16(19)12-10-15-18(24(2,22)23)14-9-6-5-8-13-17(20)21/h6,9,16,19H,3-5,7-8,10-15H2,1-2H3,(H,20,21)/b9-6-. The van der Waals surface area contributed by atoms with E-state index in [1.54, 1.807) is 6.08 Å². The summed E-state index contributed by atoms with van der Waals surface area (Å²) in [5, 5.41) is 18.4. The van der Waals surface area contributed by atoms with E-state index in [9.17, 15) is 18.3 Å². The third kappa shape index (κ3) is 13.5. The van der Waals surface area contributed by atoms with Gasteiger partial charge in [0.2, 0.25) is 10.0 Å². The van der Waals surface area contributed by atoms with Crippen LogP contribution < -0.4 is 0 Å². The van der Waals surface area contributed by atoms with Gasteiger partial charge in [0, 0.05) is 19.5 Å². The fourth-order valence-corrected chi connectivity index (χ4v) is 3.17. The summed E-state index contributed by atoms with van der Waals surface area (Å²) in [6.07, 6.45) is 11.0. The molecule has 0 fully saturated rings. The number of carboxylic acid groups (broad SMARTS) is 1. The van der Waals surface area contributed by atoms with Crippen LogP contribution >= 0.6 is 0 Å². The fourth-order valence-electron chi connectivity index (χ4n) is 2.35. The lowest BCUT2D eigenvalue weighted by atomic mass is 10.1. The molecule has 0 aromatic rings. The highest BCUT2D eigenvalue weighted by Crippen LogP contribution is 2.10. The summed E-state index contributed by atoms with van der Waals surface area (Å²) >= 11 is 0. The molecule has 6 nitrogen and oxygen atoms in total. The number of carboxylic acids is 1. The quantitative estimate of drug-likeness (QED) is 0.345. The predicted octanol–water partition coefficient (Wildman–Crippen LogP) is 2.78. The van der Waals surface area contributed by atoms with Gasteiger partial charge in [0.1, 0.15) is 0 Å². The number of unbranched alkanes of at least 4 members (excludes halogenated alkanes) is 3. The second-order valence-corrected chi connectivity index (χ2v) is 8.15. The first-order valence-corrected chi connectivity index (χ1v) is 10.6. The van der Waals surface area contributed by atoms with Crippen molar-refractivity contribution in [3.05, 3.63) is 12.2 Å². The average Bonchev–Trinajstić information content (AvgIpc) is 2.47. The van der Waals surface area contributed by atoms with E-state index in [0.717, 1.165) is 25.7 Å². The topological polar surface area (TPSA) is 94.9 Å². The van der Waals surface area contributed by atoms with Crippen molar-refractivity contribution in [1.29, 1.82) is 0 Å². The Labute approximate surface area is 146 Å². The highest BCUT2D eigenvalue weighted by molar-refractivity contribution is 7.88. The minimum absolute atomic E-state index is 0.121. The lowest BCUT2D eigenvalue weighted by molar-refractivity contribution is -0.137. The van der Waals surface area contributed by atoms with Crippen molar-refractivity contribution in [2.45, 2.75) is 70.8 Å². The second kappa shape index (κ2) is 13.4. The maximum Gasteiger partial charge on any atom is 0.303 e. The smallest absolute Gasteiger partial charge is 0.303 e. The number of carbonyl (C=O) groups is 1. The van der Waals surface area contributed by atoms with Crippen molar-refractivity contribution < 1.29 is 23.4 Å². The highest BCUT2D eigenvalue weighted by atomic mass is 32.2. The molecule has 24 heavy (non-hydrogen) atoms. The van der Waals surface area contributed by atoms with Gasteiger partial charge in [-0.25, -0.2) is 8.42 Å². The summed E-state index contributed by atoms with van der Waals surface area (Å²) in [5.41, 5.74) is 0. The first kappa shape index (κ1) is 23.1. The zero-order chi connectivity index (χ0) is 18.4. The van der Waals surface area contributed by atoms with Crippen LogP contribution in [-0.2, 0) is 14.8 Å². The predicted molar refractivity (Wildman–Crippen MR) is 96.4 cm³/mol. The summed E-state index contributed by atoms with van der Waals surface area (Å²) < 4.78 is 24.9. The maximum absolute atomic E-state index is 11.8. The number of rotatable bonds is 15. The van der Waals surface area contributed by atoms with Crippen molar-refractivity contribution >= 4 is 16.0 Å². The Kier molecular flexibility index (Phi) is 12.9. The van der Waals surface area contributed by atoms with Crippen molar-refractivity contribution in [2.24, 2.45) is 0 Å². The first-order valence-electron chi connectivity index (χ1n) is 8.77. The summed E-state index contributed by atoms with van der Waals surface area (Å²) in [4.78, 5) is 10.4. The molecule has 0 spiro atoms. The number of hydrogen-bond acceptors (Lipinski definition) is 4. The molecule has 0 aromatic carbocycles. The van der Waals surface area contributed by atoms with E-state index in [1.165, 1.54) is 10.6 Å². The zero-order valence-corrected chi connectivity index (χ0v) is 15.8. The van der Waals surface area contributed by atoms with Crippen molar-refractivity contribution in [2.75, 3.05) is 19.3 Å². The van der Waals surface area contributed by atoms with E-state index in [4.69, 9.17) is 5.11 Å². The second-order valence-electron chi connectivity index (χ2n) is 6.17. The van der Waals surface area contributed by atoms with Crippen LogP contribution in [0.5, 0.6) is 0 Å². The van der Waals surface area contributed by atoms with E-state index in [2.05, 4.69) is 6.92 Å². The number of sulfonamides is 1. The van der Waals surface area contributed by atoms with Gasteiger partial charge in [0.05, 0.1) is 12.4 Å². The van der Waals surface area contributed by atoms with Gasteiger partial charge in [-0.15, -0.1) is 0 Å². The summed E-state index contributed by atoms with van der Waals surface area (Å²) in [7, 11) is -3.28. The lowest BCUT2D eigenvalue weighted by Crippen LogP contribution is -2.31. The molecule has 0 aliphatic heterocycles. The molecule has 1 atom stereocenters. The van der Waals surface area contributed by atoms with Gasteiger partial charge in [-0.3, -0.25) is 4.79 Å². The molecule has 0 saturated heterocycles. The zero-order valence-electron chi connectivity index (χ0n) is 15.0. The van der Waals surface area contributed by atoms with Crippen LogP contribution in [0.4, 0.5) is 0 Å². The van der Waals surface area contributed by atoms with Gasteiger partial charge < -0.3 is 10.2 Å². The number of aliphatic carboxylic acids is 1. The molecular formula is C17H33NO5S. The van der Waals surface area contributed by atoms with Crippen LogP contribution in [0.15, 0.2) is 12.2 Å². The molecule has 0 rings (SSSR count). The fraction of sp³-hybridized carbons (Fsp3) is 0.824. The molecule has 2 N–H and O–H groups in total. The van der Waals surface area contributed by atoms with E-state index in [0.29, 0.717) is 32.2 Å². The summed E-state index contributed by atoms with van der Waals surface area (Å²) in [5.74, 6) is -0.821. The number of hydrogen-bond donors (Lipinski definition) is 2. The van der Waals surface area contributed by atoms with E-state index in [-0.39, 0.29) is 19.1 Å². The van der Waals surface area contributed by atoms with E-state index < -0.39 is 16.0 Å². The number of aliphatic hydroxyl groups is 1. The summed E-state index contributed by atoms with van der Waals surface area (Å²) in [6, 6.07) is 0. The van der Waals surface area contributed by atoms with Crippen molar-refractivity contribution in [3.8, 4) is 0 Å². The van der Waals surface area contributed by atoms with Gasteiger partial charge in [0.25, 0.3) is 0 Å². The molecule has 0 bridgehead atoms. The van der Waals surface area contributed by atoms with Crippen LogP contribution in [0.2, 0.25) is 0 Å². The Morgan fingerprint density at radius 2 is 1.79 bits per heavy atom. The van der Waals surface area contributed by atoms with E-state index >= 15 is 0 Å². The minimum atomic E-state index is -3.28. The molecule has 0 radical (unpaired) electrons. The first-order chi connectivity index (χ1) is 11.3. The summed E-state index contributed by atoms with van der Waals surface area (Å²) in [6.45, 7) is 2.80. The third-order valence-corrected chi connectivity index (χ3v) is 5.06. The van der Waals surface area contributed by atoms with Gasteiger partial charge >= 0.3 is 5.97 Å². The van der Waals surface area contributed by atoms with E-state index in [1.807, 2.05) is 6.08 Å². The number of aliphatic hydroxyl groups excluding tert-OH is 1. The Hall–Kier alpha value is -0.920. The molecule has 142 valence electrons. The van der Waals surface area contributed by atoms with Crippen LogP contribution in [0.25, 0.3) is 0 Å². The van der Waals surface area contributed by atoms with Gasteiger partial charge in [-0.05, 0) is 32.1 Å². The third-order valence-electron chi connectivity index (χ3n) is 3.79. The van der Waals surface area contributed by atoms with Crippen LogP contribution in [0, 0.1) is 0 Å². The van der Waals surface area contributed by atoms with Gasteiger partial charge in [-0.1, -0.05) is 38.3 Å². The molecule has 0 heterocycles. The largest absolute Gasteiger partial charge is 0.481 e. The number of nitrogens with zero attached hydrogens (tertiary/aromatic N) is 1. The Bertz CT molecular complexity index is 462. The molecule has 0 aromatic heterocycles. The molecule has 0 aliphatic carbocycles. The minimum Gasteiger partial charge on any atom is -0.481 e. The molecule has 0 amide bonds. The van der Waals surface area contributed by atoms with Crippen molar-refractivity contribution in [3.63, 3.8) is 0 Å². The SMILES string of the molecule is CCCCCC(O)CCCN(C/C=C\CCCC(=O)O)S(C)(=O)=O. The molecule has 7 heteroatoms. The molecular weight excluding hydrogens is 330 g/mol.